The summed E-state index contributed by atoms with van der Waals surface area (Å²) in [6, 6.07) is 10.9. The average Bonchev–Trinajstić information content (AvgIpc) is 2.69. The quantitative estimate of drug-likeness (QED) is 0.331. The number of hydrogen-bond acceptors (Lipinski definition) is 6. The van der Waals surface area contributed by atoms with Crippen LogP contribution in [0, 0.1) is 0 Å². The van der Waals surface area contributed by atoms with Gasteiger partial charge in [0.25, 0.3) is 0 Å². The third-order valence-electron chi connectivity index (χ3n) is 3.47. The Morgan fingerprint density at radius 2 is 1.47 bits per heavy atom. The maximum absolute atomic E-state index is 12.3. The molecule has 0 unspecified atom stereocenters. The Hall–Kier alpha value is -1.81. The fraction of sp³-hybridized carbons (Fsp3) is 0.150. The maximum atomic E-state index is 12.3. The van der Waals surface area contributed by atoms with Crippen molar-refractivity contribution in [1.82, 2.24) is 0 Å². The Kier molecular flexibility index (Phi) is 13.4. The monoisotopic (exact) mass is 432 g/mol. The first kappa shape index (κ1) is 28.2. The average molecular weight is 432 g/mol. The molecule has 8 nitrogen and oxygen atoms in total. The standard InChI is InChI=1S/C20H18O8.2Na/c1-26-18-10-13(3-9-17(18)28-12-20(24)25)2-8-16(21)14-4-6-15(7-5-14)27-11-19(22)23;;/h2-10H,11-12H2,1H3,(H,22,23)(H,24,25);;. The Labute approximate surface area is 217 Å². The second-order valence-electron chi connectivity index (χ2n) is 5.50. The van der Waals surface area contributed by atoms with Gasteiger partial charge in [0.15, 0.2) is 30.5 Å². The van der Waals surface area contributed by atoms with E-state index in [1.165, 1.54) is 37.5 Å². The van der Waals surface area contributed by atoms with Gasteiger partial charge < -0.3 is 24.4 Å². The van der Waals surface area contributed by atoms with Crippen LogP contribution in [0.25, 0.3) is 6.08 Å². The summed E-state index contributed by atoms with van der Waals surface area (Å²) in [5.74, 6) is -1.46. The molecule has 0 saturated carbocycles. The van der Waals surface area contributed by atoms with Crippen molar-refractivity contribution in [2.45, 2.75) is 0 Å². The Bertz CT molecular complexity index is 894. The number of carbonyl (C=O) groups is 3. The third kappa shape index (κ3) is 9.34. The molecule has 0 amide bonds. The van der Waals surface area contributed by atoms with E-state index >= 15 is 0 Å². The molecule has 2 aromatic carbocycles. The van der Waals surface area contributed by atoms with E-state index in [0.717, 1.165) is 0 Å². The number of benzene rings is 2. The van der Waals surface area contributed by atoms with Crippen molar-refractivity contribution in [3.63, 3.8) is 0 Å². The first-order valence-corrected chi connectivity index (χ1v) is 8.08. The fourth-order valence-electron chi connectivity index (χ4n) is 2.18. The van der Waals surface area contributed by atoms with Crippen LogP contribution in [0.1, 0.15) is 15.9 Å². The molecular formula is C20H18Na2O8. The molecule has 2 radical (unpaired) electrons. The van der Waals surface area contributed by atoms with Gasteiger partial charge in [0, 0.05) is 64.7 Å². The number of rotatable bonds is 10. The van der Waals surface area contributed by atoms with E-state index in [9.17, 15) is 14.4 Å². The molecule has 0 spiro atoms. The van der Waals surface area contributed by atoms with E-state index in [0.29, 0.717) is 22.6 Å². The number of methoxy groups -OCH3 is 1. The number of carbonyl (C=O) groups excluding carboxylic acids is 1. The largest absolute Gasteiger partial charge is 0.493 e. The molecule has 30 heavy (non-hydrogen) atoms. The molecule has 0 fully saturated rings. The molecule has 0 heterocycles. The molecule has 0 aliphatic heterocycles. The molecule has 2 N–H and O–H groups in total. The summed E-state index contributed by atoms with van der Waals surface area (Å²) in [4.78, 5) is 33.3. The number of ether oxygens (including phenoxy) is 3. The van der Waals surface area contributed by atoms with Crippen LogP contribution in [0.5, 0.6) is 17.2 Å². The second-order valence-corrected chi connectivity index (χ2v) is 5.50. The Morgan fingerprint density at radius 1 is 0.867 bits per heavy atom. The van der Waals surface area contributed by atoms with Crippen LogP contribution in [-0.4, -0.2) is 107 Å². The molecule has 10 heteroatoms. The maximum Gasteiger partial charge on any atom is 0.341 e. The van der Waals surface area contributed by atoms with E-state index in [-0.39, 0.29) is 70.6 Å². The number of carboxylic acids is 2. The number of ketones is 1. The second kappa shape index (κ2) is 14.2. The van der Waals surface area contributed by atoms with Crippen LogP contribution in [0.3, 0.4) is 0 Å². The van der Waals surface area contributed by atoms with Crippen LogP contribution in [0.4, 0.5) is 0 Å². The zero-order valence-electron chi connectivity index (χ0n) is 17.0. The third-order valence-corrected chi connectivity index (χ3v) is 3.47. The van der Waals surface area contributed by atoms with Crippen molar-refractivity contribution in [3.8, 4) is 17.2 Å². The molecular weight excluding hydrogens is 414 g/mol. The topological polar surface area (TPSA) is 119 Å². The number of carboxylic acid groups (broad SMARTS) is 2. The van der Waals surface area contributed by atoms with Gasteiger partial charge >= 0.3 is 11.9 Å². The van der Waals surface area contributed by atoms with Gasteiger partial charge in [0.1, 0.15) is 5.75 Å². The first-order chi connectivity index (χ1) is 13.4. The summed E-state index contributed by atoms with van der Waals surface area (Å²) in [5, 5.41) is 17.2. The van der Waals surface area contributed by atoms with Crippen molar-refractivity contribution >= 4 is 82.9 Å². The van der Waals surface area contributed by atoms with Gasteiger partial charge in [-0.25, -0.2) is 9.59 Å². The zero-order chi connectivity index (χ0) is 20.5. The van der Waals surface area contributed by atoms with Crippen molar-refractivity contribution in [3.05, 3.63) is 59.7 Å². The number of aliphatic carboxylic acids is 2. The minimum atomic E-state index is -1.10. The van der Waals surface area contributed by atoms with Crippen LogP contribution in [0.2, 0.25) is 0 Å². The predicted octanol–water partition coefficient (Wildman–Crippen LogP) is 1.76. The Balaban J connectivity index is 0.00000420. The molecule has 2 aromatic rings. The summed E-state index contributed by atoms with van der Waals surface area (Å²) < 4.78 is 15.3. The smallest absolute Gasteiger partial charge is 0.341 e. The van der Waals surface area contributed by atoms with E-state index in [1.54, 1.807) is 24.3 Å². The van der Waals surface area contributed by atoms with Crippen LogP contribution >= 0.6 is 0 Å². The van der Waals surface area contributed by atoms with Gasteiger partial charge in [-0.15, -0.1) is 0 Å². The summed E-state index contributed by atoms with van der Waals surface area (Å²) in [7, 11) is 1.43. The van der Waals surface area contributed by atoms with Crippen molar-refractivity contribution in [2.24, 2.45) is 0 Å². The van der Waals surface area contributed by atoms with Crippen molar-refractivity contribution in [2.75, 3.05) is 20.3 Å². The summed E-state index contributed by atoms with van der Waals surface area (Å²) in [5.41, 5.74) is 1.07. The van der Waals surface area contributed by atoms with Gasteiger partial charge in [-0.05, 0) is 48.0 Å². The van der Waals surface area contributed by atoms with E-state index in [1.807, 2.05) is 0 Å². The molecule has 0 saturated heterocycles. The molecule has 0 aliphatic rings. The van der Waals surface area contributed by atoms with E-state index < -0.39 is 25.2 Å². The number of hydrogen-bond donors (Lipinski definition) is 2. The van der Waals surface area contributed by atoms with Crippen LogP contribution in [0.15, 0.2) is 48.5 Å². The van der Waals surface area contributed by atoms with Gasteiger partial charge in [0.05, 0.1) is 7.11 Å². The van der Waals surface area contributed by atoms with Gasteiger partial charge in [-0.1, -0.05) is 12.1 Å². The molecule has 0 aliphatic carbocycles. The van der Waals surface area contributed by atoms with Crippen LogP contribution in [-0.2, 0) is 9.59 Å². The predicted molar refractivity (Wildman–Crippen MR) is 111 cm³/mol. The fourth-order valence-corrected chi connectivity index (χ4v) is 2.18. The normalized spacial score (nSPS) is 9.77. The number of allylic oxidation sites excluding steroid dienone is 1. The summed E-state index contributed by atoms with van der Waals surface area (Å²) in [6.07, 6.45) is 2.96. The Morgan fingerprint density at radius 3 is 2.03 bits per heavy atom. The summed E-state index contributed by atoms with van der Waals surface area (Å²) in [6.45, 7) is -0.947. The molecule has 0 bridgehead atoms. The molecule has 148 valence electrons. The van der Waals surface area contributed by atoms with Gasteiger partial charge in [-0.3, -0.25) is 4.79 Å². The van der Waals surface area contributed by atoms with Gasteiger partial charge in [0.2, 0.25) is 0 Å². The van der Waals surface area contributed by atoms with Crippen molar-refractivity contribution < 1.29 is 38.8 Å². The SMILES string of the molecule is COc1cc(C=CC(=O)c2ccc(OCC(=O)O)cc2)ccc1OCC(=O)O.[Na].[Na]. The van der Waals surface area contributed by atoms with Gasteiger partial charge in [-0.2, -0.15) is 0 Å². The van der Waals surface area contributed by atoms with E-state index in [4.69, 9.17) is 24.4 Å². The molecule has 2 rings (SSSR count). The minimum Gasteiger partial charge on any atom is -0.493 e. The van der Waals surface area contributed by atoms with E-state index in [2.05, 4.69) is 0 Å². The zero-order valence-corrected chi connectivity index (χ0v) is 21.0. The van der Waals surface area contributed by atoms with Crippen molar-refractivity contribution in [1.29, 1.82) is 0 Å². The molecule has 0 atom stereocenters. The molecule has 0 aromatic heterocycles. The summed E-state index contributed by atoms with van der Waals surface area (Å²) >= 11 is 0. The van der Waals surface area contributed by atoms with Crippen LogP contribution < -0.4 is 14.2 Å². The minimum absolute atomic E-state index is 0. The first-order valence-electron chi connectivity index (χ1n) is 8.08.